The first-order chi connectivity index (χ1) is 17.0. The molecule has 0 fully saturated rings. The summed E-state index contributed by atoms with van der Waals surface area (Å²) in [6, 6.07) is 14.2. The number of hydrogen-bond acceptors (Lipinski definition) is 5. The molecule has 3 aromatic rings. The number of alkyl halides is 3. The van der Waals surface area contributed by atoms with Gasteiger partial charge in [-0.15, -0.1) is 0 Å². The molecule has 1 atom stereocenters. The molecule has 1 N–H and O–H groups in total. The van der Waals surface area contributed by atoms with Gasteiger partial charge in [-0.1, -0.05) is 30.3 Å². The molecule has 36 heavy (non-hydrogen) atoms. The van der Waals surface area contributed by atoms with E-state index in [9.17, 15) is 26.4 Å². The van der Waals surface area contributed by atoms with Gasteiger partial charge in [-0.2, -0.15) is 17.5 Å². The molecule has 11 heteroatoms. The van der Waals surface area contributed by atoms with E-state index in [0.29, 0.717) is 5.75 Å². The van der Waals surface area contributed by atoms with E-state index in [2.05, 4.69) is 5.32 Å². The third-order valence-electron chi connectivity index (χ3n) is 5.93. The molecule has 0 aliphatic carbocycles. The maximum absolute atomic E-state index is 13.7. The second-order valence-corrected chi connectivity index (χ2v) is 10.0. The first-order valence-electron chi connectivity index (χ1n) is 10.8. The highest BCUT2D eigenvalue weighted by atomic mass is 32.2. The van der Waals surface area contributed by atoms with Crippen LogP contribution in [-0.2, 0) is 34.0 Å². The van der Waals surface area contributed by atoms with E-state index in [1.54, 1.807) is 24.3 Å². The van der Waals surface area contributed by atoms with E-state index in [1.165, 1.54) is 44.6 Å². The molecule has 7 nitrogen and oxygen atoms in total. The Balaban J connectivity index is 1.72. The Morgan fingerprint density at radius 3 is 2.31 bits per heavy atom. The van der Waals surface area contributed by atoms with Gasteiger partial charge in [-0.25, -0.2) is 8.42 Å². The van der Waals surface area contributed by atoms with Crippen molar-refractivity contribution in [3.63, 3.8) is 0 Å². The Morgan fingerprint density at radius 2 is 1.64 bits per heavy atom. The number of anilines is 1. The first kappa shape index (κ1) is 25.5. The highest BCUT2D eigenvalue weighted by Gasteiger charge is 2.40. The zero-order chi connectivity index (χ0) is 26.1. The number of nitrogens with one attached hydrogen (secondary N) is 1. The molecular weight excluding hydrogens is 497 g/mol. The molecule has 4 rings (SSSR count). The molecule has 1 aliphatic heterocycles. The second-order valence-electron chi connectivity index (χ2n) is 8.12. The Morgan fingerprint density at radius 1 is 0.944 bits per heavy atom. The fraction of sp³-hybridized carbons (Fsp3) is 0.240. The van der Waals surface area contributed by atoms with Crippen molar-refractivity contribution in [2.45, 2.75) is 30.1 Å². The van der Waals surface area contributed by atoms with Gasteiger partial charge in [0.05, 0.1) is 24.7 Å². The van der Waals surface area contributed by atoms with Gasteiger partial charge in [0.25, 0.3) is 0 Å². The zero-order valence-electron chi connectivity index (χ0n) is 19.4. The van der Waals surface area contributed by atoms with Gasteiger partial charge in [0, 0.05) is 18.3 Å². The fourth-order valence-corrected chi connectivity index (χ4v) is 5.67. The summed E-state index contributed by atoms with van der Waals surface area (Å²) < 4.78 is 78.3. The van der Waals surface area contributed by atoms with E-state index in [4.69, 9.17) is 9.47 Å². The molecule has 3 aromatic carbocycles. The quantitative estimate of drug-likeness (QED) is 0.518. The van der Waals surface area contributed by atoms with Crippen LogP contribution in [0.3, 0.4) is 0 Å². The highest BCUT2D eigenvalue weighted by molar-refractivity contribution is 7.89. The SMILES string of the molecule is COc1ccc(S(=O)(=O)N2Cc3ccccc3CC2C(=O)Nc2cccc(C(F)(F)F)c2)cc1OC. The lowest BCUT2D eigenvalue weighted by atomic mass is 9.95. The molecule has 1 heterocycles. The van der Waals surface area contributed by atoms with Crippen LogP contribution >= 0.6 is 0 Å². The topological polar surface area (TPSA) is 84.9 Å². The number of methoxy groups -OCH3 is 2. The number of ether oxygens (including phenoxy) is 2. The molecule has 1 amide bonds. The number of amides is 1. The minimum Gasteiger partial charge on any atom is -0.493 e. The van der Waals surface area contributed by atoms with Crippen molar-refractivity contribution in [1.29, 1.82) is 0 Å². The summed E-state index contributed by atoms with van der Waals surface area (Å²) in [5.41, 5.74) is 0.492. The van der Waals surface area contributed by atoms with Crippen molar-refractivity contribution in [1.82, 2.24) is 4.31 Å². The number of benzene rings is 3. The van der Waals surface area contributed by atoms with Crippen molar-refractivity contribution >= 4 is 21.6 Å². The normalized spacial score (nSPS) is 16.2. The molecule has 0 saturated carbocycles. The van der Waals surface area contributed by atoms with E-state index < -0.39 is 33.7 Å². The minimum atomic E-state index is -4.59. The molecule has 1 aliphatic rings. The summed E-state index contributed by atoms with van der Waals surface area (Å²) in [6.45, 7) is -0.0898. The van der Waals surface area contributed by atoms with Crippen LogP contribution in [0.4, 0.5) is 18.9 Å². The van der Waals surface area contributed by atoms with Crippen molar-refractivity contribution in [3.05, 3.63) is 83.4 Å². The lowest BCUT2D eigenvalue weighted by Gasteiger charge is -2.35. The molecule has 0 radical (unpaired) electrons. The van der Waals surface area contributed by atoms with Gasteiger partial charge in [-0.3, -0.25) is 4.79 Å². The standard InChI is InChI=1S/C25H23F3N2O5S/c1-34-22-11-10-20(14-23(22)35-2)36(32,33)30-15-17-7-4-3-6-16(17)12-21(30)24(31)29-19-9-5-8-18(13-19)25(26,27)28/h3-11,13-14,21H,12,15H2,1-2H3,(H,29,31). The van der Waals surface area contributed by atoms with Crippen molar-refractivity contribution in [2.24, 2.45) is 0 Å². The molecule has 1 unspecified atom stereocenters. The van der Waals surface area contributed by atoms with E-state index in [0.717, 1.165) is 27.6 Å². The summed E-state index contributed by atoms with van der Waals surface area (Å²) in [4.78, 5) is 13.2. The van der Waals surface area contributed by atoms with Crippen LogP contribution in [0.1, 0.15) is 16.7 Å². The number of hydrogen-bond donors (Lipinski definition) is 1. The van der Waals surface area contributed by atoms with Crippen LogP contribution in [0, 0.1) is 0 Å². The Kier molecular flexibility index (Phi) is 6.96. The van der Waals surface area contributed by atoms with Crippen LogP contribution in [0.5, 0.6) is 11.5 Å². The third kappa shape index (κ3) is 5.02. The van der Waals surface area contributed by atoms with Crippen LogP contribution in [0.2, 0.25) is 0 Å². The monoisotopic (exact) mass is 520 g/mol. The third-order valence-corrected chi connectivity index (χ3v) is 7.78. The average Bonchev–Trinajstić information content (AvgIpc) is 2.87. The van der Waals surface area contributed by atoms with Crippen LogP contribution < -0.4 is 14.8 Å². The van der Waals surface area contributed by atoms with Gasteiger partial charge >= 0.3 is 6.18 Å². The van der Waals surface area contributed by atoms with Gasteiger partial charge in [0.15, 0.2) is 11.5 Å². The van der Waals surface area contributed by atoms with Crippen molar-refractivity contribution < 1.29 is 35.9 Å². The number of rotatable bonds is 6. The van der Waals surface area contributed by atoms with Crippen LogP contribution in [0.15, 0.2) is 71.6 Å². The summed E-state index contributed by atoms with van der Waals surface area (Å²) >= 11 is 0. The van der Waals surface area contributed by atoms with Gasteiger partial charge in [0.1, 0.15) is 6.04 Å². The number of carbonyl (C=O) groups is 1. The van der Waals surface area contributed by atoms with Gasteiger partial charge in [0.2, 0.25) is 15.9 Å². The minimum absolute atomic E-state index is 0.0491. The smallest absolute Gasteiger partial charge is 0.416 e. The van der Waals surface area contributed by atoms with Gasteiger partial charge in [-0.05, 0) is 47.9 Å². The maximum atomic E-state index is 13.7. The Labute approximate surface area is 206 Å². The number of carbonyl (C=O) groups excluding carboxylic acids is 1. The number of fused-ring (bicyclic) bond motifs is 1. The molecular formula is C25H23F3N2O5S. The molecule has 0 bridgehead atoms. The molecule has 0 saturated heterocycles. The van der Waals surface area contributed by atoms with E-state index in [-0.39, 0.29) is 29.3 Å². The van der Waals surface area contributed by atoms with Crippen molar-refractivity contribution in [3.8, 4) is 11.5 Å². The summed E-state index contributed by atoms with van der Waals surface area (Å²) in [6.07, 6.45) is -4.54. The zero-order valence-corrected chi connectivity index (χ0v) is 20.2. The summed E-state index contributed by atoms with van der Waals surface area (Å²) in [7, 11) is -1.43. The first-order valence-corrected chi connectivity index (χ1v) is 12.3. The maximum Gasteiger partial charge on any atom is 0.416 e. The predicted octanol–water partition coefficient (Wildman–Crippen LogP) is 4.48. The molecule has 0 spiro atoms. The highest BCUT2D eigenvalue weighted by Crippen LogP contribution is 2.35. The largest absolute Gasteiger partial charge is 0.493 e. The summed E-state index contributed by atoms with van der Waals surface area (Å²) in [5, 5.41) is 2.46. The Bertz CT molecular complexity index is 1390. The predicted molar refractivity (Wildman–Crippen MR) is 126 cm³/mol. The lowest BCUT2D eigenvalue weighted by molar-refractivity contribution is -0.137. The van der Waals surface area contributed by atoms with Crippen LogP contribution in [0.25, 0.3) is 0 Å². The van der Waals surface area contributed by atoms with Crippen LogP contribution in [-0.4, -0.2) is 38.9 Å². The fourth-order valence-electron chi connectivity index (χ4n) is 4.09. The van der Waals surface area contributed by atoms with Crippen molar-refractivity contribution in [2.75, 3.05) is 19.5 Å². The lowest BCUT2D eigenvalue weighted by Crippen LogP contribution is -2.50. The average molecular weight is 521 g/mol. The van der Waals surface area contributed by atoms with E-state index >= 15 is 0 Å². The summed E-state index contributed by atoms with van der Waals surface area (Å²) in [5.74, 6) is -0.215. The second kappa shape index (κ2) is 9.82. The number of sulfonamides is 1. The molecule has 0 aromatic heterocycles. The number of halogens is 3. The Hall–Kier alpha value is -3.57. The van der Waals surface area contributed by atoms with Gasteiger partial charge < -0.3 is 14.8 Å². The number of nitrogens with zero attached hydrogens (tertiary/aromatic N) is 1. The molecule has 190 valence electrons. The van der Waals surface area contributed by atoms with E-state index in [1.807, 2.05) is 0 Å².